The molecule has 2 unspecified atom stereocenters. The van der Waals surface area contributed by atoms with Crippen molar-refractivity contribution in [1.29, 1.82) is 0 Å². The van der Waals surface area contributed by atoms with Crippen LogP contribution in [0.2, 0.25) is 0 Å². The van der Waals surface area contributed by atoms with Crippen molar-refractivity contribution in [3.05, 3.63) is 0 Å². The van der Waals surface area contributed by atoms with Gasteiger partial charge in [-0.1, -0.05) is 19.0 Å². The molecule has 0 spiro atoms. The lowest BCUT2D eigenvalue weighted by Gasteiger charge is -2.19. The molecule has 1 fully saturated rings. The normalized spacial score (nSPS) is 26.4. The number of oxime groups is 1. The lowest BCUT2D eigenvalue weighted by Crippen LogP contribution is -2.41. The van der Waals surface area contributed by atoms with Crippen LogP contribution in [0.3, 0.4) is 0 Å². The topological polar surface area (TPSA) is 87.7 Å². The number of amides is 1. The lowest BCUT2D eigenvalue weighted by atomic mass is 9.92. The highest BCUT2D eigenvalue weighted by molar-refractivity contribution is 6.01. The number of carbonyl (C=O) groups is 1. The van der Waals surface area contributed by atoms with E-state index in [1.807, 2.05) is 0 Å². The van der Waals surface area contributed by atoms with Crippen molar-refractivity contribution in [2.75, 3.05) is 0 Å². The number of hydrogen-bond acceptors (Lipinski definition) is 3. The minimum Gasteiger partial charge on any atom is -0.409 e. The molecule has 5 nitrogen and oxygen atoms in total. The first-order valence-electron chi connectivity index (χ1n) is 5.63. The summed E-state index contributed by atoms with van der Waals surface area (Å²) in [5.41, 5.74) is 5.69. The van der Waals surface area contributed by atoms with E-state index in [2.05, 4.69) is 24.3 Å². The first-order chi connectivity index (χ1) is 7.35. The van der Waals surface area contributed by atoms with E-state index in [1.165, 1.54) is 0 Å². The average molecular weight is 227 g/mol. The fourth-order valence-corrected chi connectivity index (χ4v) is 2.11. The number of nitrogens with zero attached hydrogens (tertiary/aromatic N) is 1. The molecule has 0 bridgehead atoms. The van der Waals surface area contributed by atoms with Crippen LogP contribution in [-0.2, 0) is 4.79 Å². The summed E-state index contributed by atoms with van der Waals surface area (Å²) in [5, 5.41) is 14.3. The van der Waals surface area contributed by atoms with Gasteiger partial charge in [0, 0.05) is 6.04 Å². The van der Waals surface area contributed by atoms with Crippen LogP contribution in [0.1, 0.15) is 40.0 Å². The maximum Gasteiger partial charge on any atom is 0.230 e. The summed E-state index contributed by atoms with van der Waals surface area (Å²) in [6.45, 7) is 6.03. The summed E-state index contributed by atoms with van der Waals surface area (Å²) in [6, 6.07) is 0.219. The molecule has 92 valence electrons. The van der Waals surface area contributed by atoms with Crippen molar-refractivity contribution in [1.82, 2.24) is 5.32 Å². The van der Waals surface area contributed by atoms with Crippen LogP contribution in [0.4, 0.5) is 0 Å². The Balaban J connectivity index is 2.47. The van der Waals surface area contributed by atoms with Gasteiger partial charge in [0.25, 0.3) is 0 Å². The van der Waals surface area contributed by atoms with Crippen molar-refractivity contribution in [3.63, 3.8) is 0 Å². The molecule has 1 amide bonds. The predicted molar refractivity (Wildman–Crippen MR) is 62.1 cm³/mol. The van der Waals surface area contributed by atoms with Gasteiger partial charge in [0.05, 0.1) is 5.92 Å². The van der Waals surface area contributed by atoms with E-state index in [0.717, 1.165) is 19.3 Å². The third-order valence-corrected chi connectivity index (χ3v) is 3.27. The van der Waals surface area contributed by atoms with E-state index < -0.39 is 5.92 Å². The molecule has 1 aliphatic rings. The van der Waals surface area contributed by atoms with E-state index in [4.69, 9.17) is 10.9 Å². The largest absolute Gasteiger partial charge is 0.409 e. The van der Waals surface area contributed by atoms with Crippen LogP contribution in [0.15, 0.2) is 5.16 Å². The molecule has 0 saturated heterocycles. The minimum atomic E-state index is -0.575. The van der Waals surface area contributed by atoms with E-state index in [0.29, 0.717) is 5.41 Å². The standard InChI is InChI=1S/C11H21N3O2/c1-7(9(12)14-16)10(15)13-8-4-5-11(2,3)6-8/h7-8,16H,4-6H2,1-3H3,(H2,12,14)(H,13,15). The maximum absolute atomic E-state index is 11.7. The average Bonchev–Trinajstić information content (AvgIpc) is 2.55. The van der Waals surface area contributed by atoms with E-state index >= 15 is 0 Å². The summed E-state index contributed by atoms with van der Waals surface area (Å²) < 4.78 is 0. The molecule has 1 aliphatic carbocycles. The van der Waals surface area contributed by atoms with Crippen LogP contribution in [0.5, 0.6) is 0 Å². The van der Waals surface area contributed by atoms with Crippen molar-refractivity contribution in [2.45, 2.75) is 46.1 Å². The monoisotopic (exact) mass is 227 g/mol. The maximum atomic E-state index is 11.7. The first kappa shape index (κ1) is 12.8. The number of rotatable bonds is 3. The zero-order chi connectivity index (χ0) is 12.3. The highest BCUT2D eigenvalue weighted by atomic mass is 16.4. The van der Waals surface area contributed by atoms with Crippen LogP contribution in [0, 0.1) is 11.3 Å². The van der Waals surface area contributed by atoms with Gasteiger partial charge >= 0.3 is 0 Å². The van der Waals surface area contributed by atoms with Crippen LogP contribution in [0.25, 0.3) is 0 Å². The van der Waals surface area contributed by atoms with E-state index in [-0.39, 0.29) is 17.8 Å². The third kappa shape index (κ3) is 3.12. The zero-order valence-corrected chi connectivity index (χ0v) is 10.2. The fourth-order valence-electron chi connectivity index (χ4n) is 2.11. The van der Waals surface area contributed by atoms with Crippen LogP contribution in [-0.4, -0.2) is 23.0 Å². The van der Waals surface area contributed by atoms with Crippen molar-refractivity contribution in [3.8, 4) is 0 Å². The molecule has 0 aromatic carbocycles. The van der Waals surface area contributed by atoms with Crippen LogP contribution >= 0.6 is 0 Å². The predicted octanol–water partition coefficient (Wildman–Crippen LogP) is 1.06. The molecule has 1 saturated carbocycles. The van der Waals surface area contributed by atoms with Gasteiger partial charge in [0.15, 0.2) is 5.84 Å². The van der Waals surface area contributed by atoms with Gasteiger partial charge in [-0.2, -0.15) is 0 Å². The number of hydrogen-bond donors (Lipinski definition) is 3. The van der Waals surface area contributed by atoms with Crippen molar-refractivity contribution in [2.24, 2.45) is 22.2 Å². The molecule has 4 N–H and O–H groups in total. The van der Waals surface area contributed by atoms with Crippen molar-refractivity contribution >= 4 is 11.7 Å². The Morgan fingerprint density at radius 2 is 2.25 bits per heavy atom. The zero-order valence-electron chi connectivity index (χ0n) is 10.2. The van der Waals surface area contributed by atoms with Gasteiger partial charge in [-0.25, -0.2) is 0 Å². The summed E-state index contributed by atoms with van der Waals surface area (Å²) in [7, 11) is 0. The summed E-state index contributed by atoms with van der Waals surface area (Å²) >= 11 is 0. The Labute approximate surface area is 96.1 Å². The summed E-state index contributed by atoms with van der Waals surface area (Å²) in [4.78, 5) is 11.7. The molecular formula is C11H21N3O2. The molecule has 5 heteroatoms. The SMILES string of the molecule is CC(C(=O)NC1CCC(C)(C)C1)C(N)=NO. The number of amidine groups is 1. The Kier molecular flexibility index (Phi) is 3.78. The van der Waals surface area contributed by atoms with E-state index in [9.17, 15) is 4.79 Å². The second-order valence-corrected chi connectivity index (χ2v) is 5.36. The minimum absolute atomic E-state index is 0.0465. The molecule has 1 rings (SSSR count). The number of nitrogens with one attached hydrogen (secondary N) is 1. The lowest BCUT2D eigenvalue weighted by molar-refractivity contribution is -0.123. The smallest absolute Gasteiger partial charge is 0.230 e. The molecule has 0 aliphatic heterocycles. The first-order valence-corrected chi connectivity index (χ1v) is 5.63. The van der Waals surface area contributed by atoms with Gasteiger partial charge in [-0.3, -0.25) is 4.79 Å². The molecular weight excluding hydrogens is 206 g/mol. The molecule has 2 atom stereocenters. The summed E-state index contributed by atoms with van der Waals surface area (Å²) in [5.74, 6) is -0.790. The Morgan fingerprint density at radius 1 is 1.62 bits per heavy atom. The van der Waals surface area contributed by atoms with Gasteiger partial charge < -0.3 is 16.3 Å². The summed E-state index contributed by atoms with van der Waals surface area (Å²) in [6.07, 6.45) is 3.11. The number of nitrogens with two attached hydrogens (primary N) is 1. The molecule has 0 aromatic rings. The fraction of sp³-hybridized carbons (Fsp3) is 0.818. The molecule has 0 aromatic heterocycles. The highest BCUT2D eigenvalue weighted by Gasteiger charge is 2.32. The molecule has 16 heavy (non-hydrogen) atoms. The van der Waals surface area contributed by atoms with Crippen molar-refractivity contribution < 1.29 is 10.0 Å². The second kappa shape index (κ2) is 4.72. The van der Waals surface area contributed by atoms with Gasteiger partial charge in [-0.15, -0.1) is 0 Å². The van der Waals surface area contributed by atoms with Gasteiger partial charge in [0.1, 0.15) is 0 Å². The van der Waals surface area contributed by atoms with Gasteiger partial charge in [-0.05, 0) is 31.6 Å². The quantitative estimate of drug-likeness (QED) is 0.291. The Bertz CT molecular complexity index is 300. The molecule has 0 heterocycles. The third-order valence-electron chi connectivity index (χ3n) is 3.27. The van der Waals surface area contributed by atoms with Crippen LogP contribution < -0.4 is 11.1 Å². The molecule has 0 radical (unpaired) electrons. The number of carbonyl (C=O) groups excluding carboxylic acids is 1. The van der Waals surface area contributed by atoms with Gasteiger partial charge in [0.2, 0.25) is 5.91 Å². The Morgan fingerprint density at radius 3 is 2.69 bits per heavy atom. The highest BCUT2D eigenvalue weighted by Crippen LogP contribution is 2.36. The second-order valence-electron chi connectivity index (χ2n) is 5.36. The van der Waals surface area contributed by atoms with E-state index in [1.54, 1.807) is 6.92 Å². The Hall–Kier alpha value is -1.26.